The maximum atomic E-state index is 12.0. The maximum absolute atomic E-state index is 12.0. The molecule has 0 radical (unpaired) electrons. The van der Waals surface area contributed by atoms with Gasteiger partial charge >= 0.3 is 0 Å². The van der Waals surface area contributed by atoms with E-state index in [1.165, 1.54) is 4.90 Å². The minimum absolute atomic E-state index is 0.0434. The van der Waals surface area contributed by atoms with Gasteiger partial charge in [0.25, 0.3) is 5.91 Å². The second-order valence-corrected chi connectivity index (χ2v) is 5.58. The van der Waals surface area contributed by atoms with Gasteiger partial charge in [-0.3, -0.25) is 9.59 Å². The van der Waals surface area contributed by atoms with E-state index in [2.05, 4.69) is 5.32 Å². The number of primary amides is 1. The van der Waals surface area contributed by atoms with Gasteiger partial charge in [0.2, 0.25) is 5.91 Å². The second-order valence-electron chi connectivity index (χ2n) is 5.58. The normalized spacial score (nSPS) is 25.3. The Kier molecular flexibility index (Phi) is 4.93. The number of hydrogen-bond donors (Lipinski definition) is 3. The van der Waals surface area contributed by atoms with Crippen molar-refractivity contribution >= 4 is 17.5 Å². The predicted octanol–water partition coefficient (Wildman–Crippen LogP) is -0.584. The van der Waals surface area contributed by atoms with Crippen LogP contribution in [-0.4, -0.2) is 43.7 Å². The van der Waals surface area contributed by atoms with Crippen LogP contribution in [-0.2, 0) is 9.53 Å². The zero-order valence-corrected chi connectivity index (χ0v) is 12.4. The van der Waals surface area contributed by atoms with Crippen molar-refractivity contribution in [3.63, 3.8) is 0 Å². The molecule has 1 unspecified atom stereocenters. The first-order chi connectivity index (χ1) is 9.94. The number of carbonyl (C=O) groups excluding carboxylic acids is 2. The van der Waals surface area contributed by atoms with Gasteiger partial charge in [-0.25, -0.2) is 0 Å². The average Bonchev–Trinajstić information content (AvgIpc) is 2.37. The Balaban J connectivity index is 1.88. The van der Waals surface area contributed by atoms with Gasteiger partial charge < -0.3 is 20.7 Å². The molecule has 6 heteroatoms. The quantitative estimate of drug-likeness (QED) is 0.694. The van der Waals surface area contributed by atoms with Crippen molar-refractivity contribution in [3.8, 4) is 0 Å². The van der Waals surface area contributed by atoms with E-state index in [4.69, 9.17) is 10.5 Å². The predicted molar refractivity (Wildman–Crippen MR) is 79.2 cm³/mol. The molecule has 1 heterocycles. The van der Waals surface area contributed by atoms with Gasteiger partial charge in [0, 0.05) is 11.3 Å². The Bertz CT molecular complexity index is 505. The summed E-state index contributed by atoms with van der Waals surface area (Å²) in [6, 6.07) is 6.56. The van der Waals surface area contributed by atoms with Crippen LogP contribution in [0.4, 0.5) is 5.69 Å². The zero-order chi connectivity index (χ0) is 15.4. The molecule has 0 aliphatic carbocycles. The molecule has 21 heavy (non-hydrogen) atoms. The van der Waals surface area contributed by atoms with Crippen LogP contribution >= 0.6 is 0 Å². The van der Waals surface area contributed by atoms with Gasteiger partial charge in [-0.05, 0) is 38.1 Å². The first-order valence-corrected chi connectivity index (χ1v) is 7.13. The van der Waals surface area contributed by atoms with Gasteiger partial charge in [-0.2, -0.15) is 0 Å². The third-order valence-electron chi connectivity index (χ3n) is 3.48. The average molecular weight is 292 g/mol. The molecule has 0 aromatic heterocycles. The highest BCUT2D eigenvalue weighted by Gasteiger charge is 2.27. The number of ether oxygens (including phenoxy) is 1. The molecule has 1 aliphatic rings. The molecule has 1 fully saturated rings. The fourth-order valence-electron chi connectivity index (χ4n) is 2.68. The Morgan fingerprint density at radius 3 is 2.33 bits per heavy atom. The molecule has 1 saturated heterocycles. The number of nitrogens with one attached hydrogen (secondary N) is 2. The summed E-state index contributed by atoms with van der Waals surface area (Å²) in [4.78, 5) is 24.2. The summed E-state index contributed by atoms with van der Waals surface area (Å²) in [6.07, 6.45) is 0.345. The highest BCUT2D eigenvalue weighted by Crippen LogP contribution is 2.08. The van der Waals surface area contributed by atoms with Gasteiger partial charge in [-0.1, -0.05) is 0 Å². The number of anilines is 1. The molecular formula is C15H22N3O3+. The Morgan fingerprint density at radius 1 is 1.24 bits per heavy atom. The number of quaternary nitrogens is 1. The van der Waals surface area contributed by atoms with E-state index in [9.17, 15) is 9.59 Å². The number of morpholine rings is 1. The molecule has 3 atom stereocenters. The second kappa shape index (κ2) is 6.69. The van der Waals surface area contributed by atoms with Crippen LogP contribution in [0.25, 0.3) is 0 Å². The molecule has 2 amide bonds. The lowest BCUT2D eigenvalue weighted by Gasteiger charge is -2.31. The van der Waals surface area contributed by atoms with E-state index in [0.29, 0.717) is 17.8 Å². The van der Waals surface area contributed by atoms with E-state index >= 15 is 0 Å². The van der Waals surface area contributed by atoms with Crippen molar-refractivity contribution in [1.29, 1.82) is 0 Å². The summed E-state index contributed by atoms with van der Waals surface area (Å²) < 4.78 is 5.66. The summed E-state index contributed by atoms with van der Waals surface area (Å²) in [7, 11) is 0. The fourth-order valence-corrected chi connectivity index (χ4v) is 2.68. The van der Waals surface area contributed by atoms with Gasteiger partial charge in [0.1, 0.15) is 25.3 Å². The third-order valence-corrected chi connectivity index (χ3v) is 3.48. The van der Waals surface area contributed by atoms with Crippen LogP contribution in [0, 0.1) is 0 Å². The minimum Gasteiger partial charge on any atom is -0.366 e. The molecule has 6 nitrogen and oxygen atoms in total. The molecule has 1 aromatic rings. The lowest BCUT2D eigenvalue weighted by molar-refractivity contribution is -0.907. The van der Waals surface area contributed by atoms with Crippen LogP contribution in [0.15, 0.2) is 24.3 Å². The summed E-state index contributed by atoms with van der Waals surface area (Å²) in [5.41, 5.74) is 6.26. The van der Waals surface area contributed by atoms with Crippen LogP contribution in [0.1, 0.15) is 24.2 Å². The zero-order valence-electron chi connectivity index (χ0n) is 12.4. The molecular weight excluding hydrogens is 270 g/mol. The highest BCUT2D eigenvalue weighted by atomic mass is 16.5. The molecule has 1 aliphatic heterocycles. The van der Waals surface area contributed by atoms with Crippen molar-refractivity contribution in [3.05, 3.63) is 29.8 Å². The monoisotopic (exact) mass is 292 g/mol. The van der Waals surface area contributed by atoms with Crippen molar-refractivity contribution in [2.45, 2.75) is 26.1 Å². The highest BCUT2D eigenvalue weighted by molar-refractivity contribution is 5.95. The van der Waals surface area contributed by atoms with Crippen LogP contribution < -0.4 is 16.0 Å². The number of benzene rings is 1. The summed E-state index contributed by atoms with van der Waals surface area (Å²) in [6.45, 7) is 6.12. The topological polar surface area (TPSA) is 85.9 Å². The maximum Gasteiger partial charge on any atom is 0.279 e. The molecule has 114 valence electrons. The van der Waals surface area contributed by atoms with Crippen LogP contribution in [0.3, 0.4) is 0 Å². The summed E-state index contributed by atoms with van der Waals surface area (Å²) in [5.74, 6) is -0.522. The largest absolute Gasteiger partial charge is 0.366 e. The Morgan fingerprint density at radius 2 is 1.81 bits per heavy atom. The Labute approximate surface area is 124 Å². The number of nitrogens with two attached hydrogens (primary N) is 1. The first kappa shape index (κ1) is 15.5. The van der Waals surface area contributed by atoms with Gasteiger partial charge in [-0.15, -0.1) is 0 Å². The van der Waals surface area contributed by atoms with E-state index in [1.54, 1.807) is 24.3 Å². The molecule has 0 spiro atoms. The van der Waals surface area contributed by atoms with E-state index < -0.39 is 5.91 Å². The molecule has 1 aromatic carbocycles. The Hall–Kier alpha value is -1.92. The number of hydrogen-bond acceptors (Lipinski definition) is 3. The van der Waals surface area contributed by atoms with Crippen LogP contribution in [0.2, 0.25) is 0 Å². The van der Waals surface area contributed by atoms with E-state index in [-0.39, 0.29) is 18.1 Å². The van der Waals surface area contributed by atoms with Crippen molar-refractivity contribution in [2.24, 2.45) is 5.73 Å². The van der Waals surface area contributed by atoms with Gasteiger partial charge in [0.05, 0.1) is 0 Å². The fraction of sp³-hybridized carbons (Fsp3) is 0.467. The number of amides is 2. The van der Waals surface area contributed by atoms with Gasteiger partial charge in [0.15, 0.2) is 6.54 Å². The van der Waals surface area contributed by atoms with E-state index in [0.717, 1.165) is 13.1 Å². The lowest BCUT2D eigenvalue weighted by Crippen LogP contribution is -3.16. The lowest BCUT2D eigenvalue weighted by atomic mass is 10.2. The molecule has 2 rings (SSSR count). The van der Waals surface area contributed by atoms with Crippen LogP contribution in [0.5, 0.6) is 0 Å². The molecule has 4 N–H and O–H groups in total. The summed E-state index contributed by atoms with van der Waals surface area (Å²) in [5, 5.41) is 2.83. The van der Waals surface area contributed by atoms with Crippen molar-refractivity contribution in [2.75, 3.05) is 25.0 Å². The van der Waals surface area contributed by atoms with Crippen molar-refractivity contribution < 1.29 is 19.2 Å². The van der Waals surface area contributed by atoms with E-state index in [1.807, 2.05) is 13.8 Å². The SMILES string of the molecule is C[C@@H]1C[NH+](CC(=O)Nc2ccc(C(N)=O)cc2)C[C@H](C)O1. The molecule has 0 saturated carbocycles. The minimum atomic E-state index is -0.478. The van der Waals surface area contributed by atoms with Crippen molar-refractivity contribution in [1.82, 2.24) is 0 Å². The third kappa shape index (κ3) is 4.54. The molecule has 0 bridgehead atoms. The summed E-state index contributed by atoms with van der Waals surface area (Å²) >= 11 is 0. The smallest absolute Gasteiger partial charge is 0.279 e. The number of rotatable bonds is 4. The number of carbonyl (C=O) groups is 2. The first-order valence-electron chi connectivity index (χ1n) is 7.13. The standard InChI is InChI=1S/C15H21N3O3/c1-10-7-18(8-11(2)21-10)9-14(19)17-13-5-3-12(4-6-13)15(16)20/h3-6,10-11H,7-9H2,1-2H3,(H2,16,20)(H,17,19)/p+1/t10-,11+.